The summed E-state index contributed by atoms with van der Waals surface area (Å²) in [7, 11) is 0. The lowest BCUT2D eigenvalue weighted by molar-refractivity contribution is -0.138. The summed E-state index contributed by atoms with van der Waals surface area (Å²) in [6.45, 7) is 2.79. The van der Waals surface area contributed by atoms with Crippen molar-refractivity contribution in [2.45, 2.75) is 57.8 Å². The van der Waals surface area contributed by atoms with E-state index in [9.17, 15) is 9.59 Å². The minimum Gasteiger partial charge on any atom is -0.282 e. The third-order valence-electron chi connectivity index (χ3n) is 4.18. The smallest absolute Gasteiger partial charge is 0.237 e. The zero-order valence-corrected chi connectivity index (χ0v) is 12.9. The van der Waals surface area contributed by atoms with Gasteiger partial charge in [0.25, 0.3) is 0 Å². The van der Waals surface area contributed by atoms with E-state index in [-0.39, 0.29) is 17.7 Å². The summed E-state index contributed by atoms with van der Waals surface area (Å²) in [5.74, 6) is -0.291. The Morgan fingerprint density at radius 1 is 1.00 bits per heavy atom. The van der Waals surface area contributed by atoms with Crippen molar-refractivity contribution in [2.75, 3.05) is 6.54 Å². The summed E-state index contributed by atoms with van der Waals surface area (Å²) < 4.78 is 0. The number of nitrogens with zero attached hydrogens (tertiary/aromatic N) is 1. The van der Waals surface area contributed by atoms with Crippen LogP contribution in [-0.2, 0) is 9.59 Å². The molecule has 0 radical (unpaired) electrons. The molecule has 1 fully saturated rings. The van der Waals surface area contributed by atoms with Gasteiger partial charge in [0.2, 0.25) is 11.8 Å². The van der Waals surface area contributed by atoms with Gasteiger partial charge in [-0.15, -0.1) is 0 Å². The summed E-state index contributed by atoms with van der Waals surface area (Å²) >= 11 is 0. The molecule has 0 saturated carbocycles. The quantitative estimate of drug-likeness (QED) is 0.537. The van der Waals surface area contributed by atoms with Crippen LogP contribution in [0.4, 0.5) is 0 Å². The SMILES string of the molecule is CCCCCCCCN1C(=O)CC(c2ccccc2)C1=O. The third kappa shape index (κ3) is 4.16. The second kappa shape index (κ2) is 7.96. The highest BCUT2D eigenvalue weighted by atomic mass is 16.2. The Labute approximate surface area is 127 Å². The van der Waals surface area contributed by atoms with Crippen molar-refractivity contribution in [1.29, 1.82) is 0 Å². The number of hydrogen-bond acceptors (Lipinski definition) is 2. The Bertz CT molecular complexity index is 469. The molecule has 0 aromatic heterocycles. The molecule has 21 heavy (non-hydrogen) atoms. The van der Waals surface area contributed by atoms with Gasteiger partial charge in [0.15, 0.2) is 0 Å². The van der Waals surface area contributed by atoms with Crippen LogP contribution >= 0.6 is 0 Å². The summed E-state index contributed by atoms with van der Waals surface area (Å²) in [6, 6.07) is 9.64. The molecule has 1 aliphatic heterocycles. The molecule has 114 valence electrons. The summed E-state index contributed by atoms with van der Waals surface area (Å²) in [5.41, 5.74) is 0.960. The fourth-order valence-electron chi connectivity index (χ4n) is 2.91. The maximum Gasteiger partial charge on any atom is 0.237 e. The minimum atomic E-state index is -0.265. The Balaban J connectivity index is 1.82. The molecule has 1 aromatic rings. The molecule has 1 aromatic carbocycles. The first-order valence-corrected chi connectivity index (χ1v) is 8.13. The molecule has 0 aliphatic carbocycles. The first kappa shape index (κ1) is 15.7. The van der Waals surface area contributed by atoms with Crippen LogP contribution in [0.2, 0.25) is 0 Å². The van der Waals surface area contributed by atoms with Gasteiger partial charge in [-0.1, -0.05) is 69.4 Å². The minimum absolute atomic E-state index is 0.0117. The summed E-state index contributed by atoms with van der Waals surface area (Å²) in [6.07, 6.45) is 7.34. The Morgan fingerprint density at radius 2 is 1.67 bits per heavy atom. The maximum atomic E-state index is 12.4. The van der Waals surface area contributed by atoms with Crippen LogP contribution in [0, 0.1) is 0 Å². The van der Waals surface area contributed by atoms with Gasteiger partial charge in [-0.05, 0) is 12.0 Å². The second-order valence-electron chi connectivity index (χ2n) is 5.82. The van der Waals surface area contributed by atoms with E-state index in [1.54, 1.807) is 0 Å². The number of hydrogen-bond donors (Lipinski definition) is 0. The van der Waals surface area contributed by atoms with Gasteiger partial charge in [0, 0.05) is 13.0 Å². The molecule has 1 heterocycles. The van der Waals surface area contributed by atoms with Crippen molar-refractivity contribution in [3.63, 3.8) is 0 Å². The predicted molar refractivity (Wildman–Crippen MR) is 83.9 cm³/mol. The van der Waals surface area contributed by atoms with Crippen molar-refractivity contribution in [1.82, 2.24) is 4.90 Å². The molecular weight excluding hydrogens is 262 g/mol. The van der Waals surface area contributed by atoms with Gasteiger partial charge in [0.05, 0.1) is 5.92 Å². The first-order valence-electron chi connectivity index (χ1n) is 8.13. The second-order valence-corrected chi connectivity index (χ2v) is 5.82. The number of rotatable bonds is 8. The van der Waals surface area contributed by atoms with E-state index in [1.165, 1.54) is 30.6 Å². The van der Waals surface area contributed by atoms with E-state index in [4.69, 9.17) is 0 Å². The largest absolute Gasteiger partial charge is 0.282 e. The van der Waals surface area contributed by atoms with Crippen molar-refractivity contribution in [3.05, 3.63) is 35.9 Å². The van der Waals surface area contributed by atoms with E-state index in [1.807, 2.05) is 30.3 Å². The van der Waals surface area contributed by atoms with Crippen molar-refractivity contribution in [3.8, 4) is 0 Å². The molecule has 1 saturated heterocycles. The monoisotopic (exact) mass is 287 g/mol. The highest BCUT2D eigenvalue weighted by Gasteiger charge is 2.38. The van der Waals surface area contributed by atoms with E-state index >= 15 is 0 Å². The molecular formula is C18H25NO2. The van der Waals surface area contributed by atoms with Crippen LogP contribution in [0.3, 0.4) is 0 Å². The van der Waals surface area contributed by atoms with Gasteiger partial charge in [-0.25, -0.2) is 0 Å². The summed E-state index contributed by atoms with van der Waals surface area (Å²) in [5, 5.41) is 0. The van der Waals surface area contributed by atoms with Crippen LogP contribution in [-0.4, -0.2) is 23.3 Å². The molecule has 1 atom stereocenters. The highest BCUT2D eigenvalue weighted by molar-refractivity contribution is 6.06. The van der Waals surface area contributed by atoms with Crippen LogP contribution < -0.4 is 0 Å². The highest BCUT2D eigenvalue weighted by Crippen LogP contribution is 2.29. The number of benzene rings is 1. The molecule has 0 N–H and O–H groups in total. The van der Waals surface area contributed by atoms with Crippen LogP contribution in [0.15, 0.2) is 30.3 Å². The molecule has 1 unspecified atom stereocenters. The van der Waals surface area contributed by atoms with Gasteiger partial charge >= 0.3 is 0 Å². The average Bonchev–Trinajstić information content (AvgIpc) is 2.79. The maximum absolute atomic E-state index is 12.4. The zero-order chi connectivity index (χ0) is 15.1. The lowest BCUT2D eigenvalue weighted by Gasteiger charge is -2.15. The van der Waals surface area contributed by atoms with Crippen LogP contribution in [0.25, 0.3) is 0 Å². The molecule has 1 aliphatic rings. The van der Waals surface area contributed by atoms with E-state index in [2.05, 4.69) is 6.92 Å². The molecule has 2 rings (SSSR count). The van der Waals surface area contributed by atoms with E-state index in [0.717, 1.165) is 18.4 Å². The molecule has 0 bridgehead atoms. The van der Waals surface area contributed by atoms with E-state index in [0.29, 0.717) is 13.0 Å². The van der Waals surface area contributed by atoms with E-state index < -0.39 is 0 Å². The Morgan fingerprint density at radius 3 is 2.38 bits per heavy atom. The Hall–Kier alpha value is -1.64. The standard InChI is InChI=1S/C18H25NO2/c1-2-3-4-5-6-10-13-19-17(20)14-16(18(19)21)15-11-8-7-9-12-15/h7-9,11-12,16H,2-6,10,13-14H2,1H3. The predicted octanol–water partition coefficient (Wildman–Crippen LogP) is 3.89. The topological polar surface area (TPSA) is 37.4 Å². The molecule has 0 spiro atoms. The van der Waals surface area contributed by atoms with Gasteiger partial charge in [0.1, 0.15) is 0 Å². The molecule has 2 amide bonds. The number of imide groups is 1. The van der Waals surface area contributed by atoms with Crippen LogP contribution in [0.5, 0.6) is 0 Å². The van der Waals surface area contributed by atoms with Crippen LogP contribution in [0.1, 0.15) is 63.4 Å². The van der Waals surface area contributed by atoms with Gasteiger partial charge < -0.3 is 0 Å². The Kier molecular flexibility index (Phi) is 5.97. The van der Waals surface area contributed by atoms with Crippen molar-refractivity contribution >= 4 is 11.8 Å². The fraction of sp³-hybridized carbons (Fsp3) is 0.556. The number of carbonyl (C=O) groups excluding carboxylic acids is 2. The van der Waals surface area contributed by atoms with Crippen molar-refractivity contribution in [2.24, 2.45) is 0 Å². The average molecular weight is 287 g/mol. The fourth-order valence-corrected chi connectivity index (χ4v) is 2.91. The molecule has 3 heteroatoms. The van der Waals surface area contributed by atoms with Crippen molar-refractivity contribution < 1.29 is 9.59 Å². The third-order valence-corrected chi connectivity index (χ3v) is 4.18. The normalized spacial score (nSPS) is 18.5. The first-order chi connectivity index (χ1) is 10.2. The number of unbranched alkanes of at least 4 members (excludes halogenated alkanes) is 5. The van der Waals surface area contributed by atoms with Gasteiger partial charge in [-0.2, -0.15) is 0 Å². The summed E-state index contributed by atoms with van der Waals surface area (Å²) in [4.78, 5) is 25.9. The number of carbonyl (C=O) groups is 2. The number of amides is 2. The zero-order valence-electron chi connectivity index (χ0n) is 12.9. The van der Waals surface area contributed by atoms with Gasteiger partial charge in [-0.3, -0.25) is 14.5 Å². The lowest BCUT2D eigenvalue weighted by Crippen LogP contribution is -2.31. The molecule has 3 nitrogen and oxygen atoms in total. The number of likely N-dealkylation sites (tertiary alicyclic amines) is 1. The lowest BCUT2D eigenvalue weighted by atomic mass is 9.98.